The van der Waals surface area contributed by atoms with Gasteiger partial charge in [-0.05, 0) is 18.6 Å². The number of nitrogens with zero attached hydrogens (tertiary/aromatic N) is 1. The summed E-state index contributed by atoms with van der Waals surface area (Å²) in [6, 6.07) is 5.99. The number of likely N-dealkylation sites (tertiary alicyclic amines) is 1. The Bertz CT molecular complexity index is 864. The minimum Gasteiger partial charge on any atom is -0.445 e. The number of hydrogen-bond acceptors (Lipinski definition) is 8. The third-order valence-corrected chi connectivity index (χ3v) is 5.57. The van der Waals surface area contributed by atoms with Gasteiger partial charge in [0.25, 0.3) is 0 Å². The van der Waals surface area contributed by atoms with Crippen molar-refractivity contribution in [3.8, 4) is 0 Å². The van der Waals surface area contributed by atoms with Gasteiger partial charge in [0.1, 0.15) is 25.5 Å². The van der Waals surface area contributed by atoms with Gasteiger partial charge in [-0.2, -0.15) is 0 Å². The van der Waals surface area contributed by atoms with Crippen molar-refractivity contribution in [1.29, 1.82) is 0 Å². The zero-order chi connectivity index (χ0) is 24.2. The fourth-order valence-corrected chi connectivity index (χ4v) is 4.28. The van der Waals surface area contributed by atoms with Crippen LogP contribution in [0.5, 0.6) is 0 Å². The molecule has 0 aliphatic carbocycles. The van der Waals surface area contributed by atoms with Crippen LogP contribution in [-0.4, -0.2) is 66.0 Å². The lowest BCUT2D eigenvalue weighted by Crippen LogP contribution is -2.43. The van der Waals surface area contributed by atoms with Crippen molar-refractivity contribution in [2.75, 3.05) is 31.7 Å². The fraction of sp³-hybridized carbons (Fsp3) is 0.391. The van der Waals surface area contributed by atoms with Gasteiger partial charge in [-0.1, -0.05) is 42.6 Å². The number of ether oxygens (including phenoxy) is 3. The lowest BCUT2D eigenvalue weighted by atomic mass is 10.1. The molecule has 2 rings (SSSR count). The van der Waals surface area contributed by atoms with Crippen LogP contribution >= 0.6 is 11.8 Å². The van der Waals surface area contributed by atoms with Gasteiger partial charge >= 0.3 is 6.09 Å². The van der Waals surface area contributed by atoms with E-state index in [0.29, 0.717) is 24.0 Å². The second-order valence-corrected chi connectivity index (χ2v) is 8.55. The molecule has 0 spiro atoms. The average molecular weight is 477 g/mol. The molecule has 0 radical (unpaired) electrons. The van der Waals surface area contributed by atoms with Crippen molar-refractivity contribution >= 4 is 40.9 Å². The van der Waals surface area contributed by atoms with Crippen molar-refractivity contribution in [2.45, 2.75) is 30.9 Å². The normalized spacial score (nSPS) is 18.3. The van der Waals surface area contributed by atoms with Crippen LogP contribution in [0.3, 0.4) is 0 Å². The number of nitrogens with one attached hydrogen (secondary N) is 1. The Morgan fingerprint density at radius 1 is 1.21 bits per heavy atom. The number of benzene rings is 1. The average Bonchev–Trinajstić information content (AvgIpc) is 3.21. The molecule has 2 amide bonds. The number of anilines is 1. The third-order valence-electron chi connectivity index (χ3n) is 4.56. The summed E-state index contributed by atoms with van der Waals surface area (Å²) in [6.07, 6.45) is 2.46. The molecule has 0 aromatic heterocycles. The standard InChI is InChI=1S/C23H28N2O7S/c1-4-10-30-22(31-12-9-26)17-7-6-8-18(13-17)24-21(28)20-14-19(33-16(3)27)15-25(20)23(29)32-11-5-2/h4-9,13,19-20,22H,1-2,10-12,14-15H2,3H3,(H,24,28)/t19-,20-,22?/m0/s1. The first-order chi connectivity index (χ1) is 15.9. The van der Waals surface area contributed by atoms with Crippen molar-refractivity contribution in [1.82, 2.24) is 4.90 Å². The number of carbonyl (C=O) groups excluding carboxylic acids is 4. The zero-order valence-electron chi connectivity index (χ0n) is 18.4. The third kappa shape index (κ3) is 8.16. The first kappa shape index (κ1) is 26.3. The molecule has 1 aliphatic heterocycles. The van der Waals surface area contributed by atoms with Crippen LogP contribution in [0.1, 0.15) is 25.2 Å². The van der Waals surface area contributed by atoms with Gasteiger partial charge in [-0.3, -0.25) is 14.5 Å². The topological polar surface area (TPSA) is 111 Å². The molecule has 1 aliphatic rings. The molecule has 10 heteroatoms. The van der Waals surface area contributed by atoms with Gasteiger partial charge in [0.15, 0.2) is 11.4 Å². The van der Waals surface area contributed by atoms with E-state index in [9.17, 15) is 19.2 Å². The van der Waals surface area contributed by atoms with E-state index in [2.05, 4.69) is 18.5 Å². The number of amides is 2. The molecule has 3 atom stereocenters. The summed E-state index contributed by atoms with van der Waals surface area (Å²) in [5.41, 5.74) is 1.05. The summed E-state index contributed by atoms with van der Waals surface area (Å²) >= 11 is 1.10. The Labute approximate surface area is 197 Å². The van der Waals surface area contributed by atoms with Crippen molar-refractivity contribution in [3.05, 3.63) is 55.1 Å². The number of hydrogen-bond donors (Lipinski definition) is 1. The largest absolute Gasteiger partial charge is 0.445 e. The summed E-state index contributed by atoms with van der Waals surface area (Å²) in [7, 11) is 0. The van der Waals surface area contributed by atoms with Gasteiger partial charge in [-0.15, -0.1) is 6.58 Å². The Balaban J connectivity index is 2.16. The number of carbonyl (C=O) groups is 4. The quantitative estimate of drug-likeness (QED) is 0.278. The smallest absolute Gasteiger partial charge is 0.410 e. The van der Waals surface area contributed by atoms with Crippen LogP contribution in [0.25, 0.3) is 0 Å². The number of thioether (sulfide) groups is 1. The van der Waals surface area contributed by atoms with E-state index in [1.165, 1.54) is 17.9 Å². The summed E-state index contributed by atoms with van der Waals surface area (Å²) in [5.74, 6) is -0.410. The van der Waals surface area contributed by atoms with Crippen LogP contribution in [0.4, 0.5) is 10.5 Å². The highest BCUT2D eigenvalue weighted by atomic mass is 32.2. The van der Waals surface area contributed by atoms with E-state index < -0.39 is 24.3 Å². The molecule has 1 saturated heterocycles. The van der Waals surface area contributed by atoms with Crippen molar-refractivity contribution in [3.63, 3.8) is 0 Å². The predicted octanol–water partition coefficient (Wildman–Crippen LogP) is 3.09. The van der Waals surface area contributed by atoms with Crippen LogP contribution < -0.4 is 5.32 Å². The van der Waals surface area contributed by atoms with Crippen LogP contribution in [0.2, 0.25) is 0 Å². The first-order valence-electron chi connectivity index (χ1n) is 10.3. The maximum Gasteiger partial charge on any atom is 0.410 e. The van der Waals surface area contributed by atoms with E-state index in [1.807, 2.05) is 0 Å². The Morgan fingerprint density at radius 2 is 1.94 bits per heavy atom. The van der Waals surface area contributed by atoms with Gasteiger partial charge in [0, 0.05) is 30.0 Å². The molecule has 1 N–H and O–H groups in total. The summed E-state index contributed by atoms with van der Waals surface area (Å²) in [5, 5.41) is 2.50. The molecule has 1 fully saturated rings. The Kier molecular flexibility index (Phi) is 10.8. The molecule has 178 valence electrons. The Morgan fingerprint density at radius 3 is 2.61 bits per heavy atom. The number of rotatable bonds is 12. The maximum atomic E-state index is 13.1. The second kappa shape index (κ2) is 13.6. The van der Waals surface area contributed by atoms with Crippen molar-refractivity contribution < 1.29 is 33.4 Å². The molecule has 9 nitrogen and oxygen atoms in total. The van der Waals surface area contributed by atoms with Gasteiger partial charge in [-0.25, -0.2) is 4.79 Å². The van der Waals surface area contributed by atoms with E-state index in [1.54, 1.807) is 30.3 Å². The van der Waals surface area contributed by atoms with Crippen LogP contribution in [-0.2, 0) is 28.6 Å². The molecule has 0 bridgehead atoms. The minimum atomic E-state index is -0.821. The van der Waals surface area contributed by atoms with Gasteiger partial charge in [0.2, 0.25) is 5.91 Å². The molecular formula is C23H28N2O7S. The highest BCUT2D eigenvalue weighted by molar-refractivity contribution is 8.14. The molecule has 0 saturated carbocycles. The summed E-state index contributed by atoms with van der Waals surface area (Å²) < 4.78 is 16.1. The molecule has 1 aromatic rings. The van der Waals surface area contributed by atoms with Gasteiger partial charge < -0.3 is 24.3 Å². The molecule has 1 aromatic carbocycles. The molecule has 1 unspecified atom stereocenters. The van der Waals surface area contributed by atoms with Crippen molar-refractivity contribution in [2.24, 2.45) is 0 Å². The highest BCUT2D eigenvalue weighted by Crippen LogP contribution is 2.30. The Hall–Kier alpha value is -2.95. The predicted molar refractivity (Wildman–Crippen MR) is 125 cm³/mol. The van der Waals surface area contributed by atoms with Crippen LogP contribution in [0.15, 0.2) is 49.6 Å². The van der Waals surface area contributed by atoms with E-state index in [0.717, 1.165) is 11.8 Å². The van der Waals surface area contributed by atoms with Crippen LogP contribution in [0, 0.1) is 0 Å². The highest BCUT2D eigenvalue weighted by Gasteiger charge is 2.41. The molecular weight excluding hydrogens is 448 g/mol. The van der Waals surface area contributed by atoms with E-state index in [4.69, 9.17) is 14.2 Å². The van der Waals surface area contributed by atoms with E-state index in [-0.39, 0.29) is 36.7 Å². The SMILES string of the molecule is C=CCOC(=O)N1C[C@@H](SC(C)=O)C[C@H]1C(=O)Nc1cccc(C(OCC=C)OCC=O)c1. The lowest BCUT2D eigenvalue weighted by molar-refractivity contribution is -0.147. The molecule has 1 heterocycles. The molecule has 33 heavy (non-hydrogen) atoms. The monoisotopic (exact) mass is 476 g/mol. The first-order valence-corrected chi connectivity index (χ1v) is 11.2. The van der Waals surface area contributed by atoms with E-state index >= 15 is 0 Å². The second-order valence-electron chi connectivity index (χ2n) is 7.07. The summed E-state index contributed by atoms with van der Waals surface area (Å²) in [4.78, 5) is 49.1. The zero-order valence-corrected chi connectivity index (χ0v) is 19.3. The summed E-state index contributed by atoms with van der Waals surface area (Å²) in [6.45, 7) is 8.84. The lowest BCUT2D eigenvalue weighted by Gasteiger charge is -2.23. The maximum absolute atomic E-state index is 13.1. The minimum absolute atomic E-state index is 0.0170. The van der Waals surface area contributed by atoms with Gasteiger partial charge in [0.05, 0.1) is 6.61 Å². The fourth-order valence-electron chi connectivity index (χ4n) is 3.29. The number of aldehydes is 1.